The first-order valence-corrected chi connectivity index (χ1v) is 5.28. The Morgan fingerprint density at radius 2 is 1.82 bits per heavy atom. The summed E-state index contributed by atoms with van der Waals surface area (Å²) < 4.78 is 38.5. The molecule has 0 heterocycles. The van der Waals surface area contributed by atoms with Crippen LogP contribution >= 0.6 is 12.2 Å². The molecule has 1 rings (SSSR count). The van der Waals surface area contributed by atoms with Crippen molar-refractivity contribution < 1.29 is 13.2 Å². The van der Waals surface area contributed by atoms with Crippen molar-refractivity contribution in [1.29, 1.82) is 0 Å². The van der Waals surface area contributed by atoms with Crippen LogP contribution in [0.15, 0.2) is 24.3 Å². The zero-order chi connectivity index (χ0) is 13.2. The molecule has 0 saturated carbocycles. The number of benzene rings is 1. The summed E-state index contributed by atoms with van der Waals surface area (Å²) in [5.41, 5.74) is 4.88. The lowest BCUT2D eigenvalue weighted by Crippen LogP contribution is -2.33. The lowest BCUT2D eigenvalue weighted by molar-refractivity contribution is -0.138. The van der Waals surface area contributed by atoms with E-state index >= 15 is 0 Å². The molecule has 94 valence electrons. The summed E-state index contributed by atoms with van der Waals surface area (Å²) in [5.74, 6) is 0. The molecule has 0 bridgehead atoms. The zero-order valence-corrected chi connectivity index (χ0v) is 10.3. The maximum atomic E-state index is 12.8. The summed E-state index contributed by atoms with van der Waals surface area (Å²) in [6, 6.07) is 4.59. The number of nitrogens with two attached hydrogens (primary N) is 1. The van der Waals surface area contributed by atoms with Gasteiger partial charge in [0.25, 0.3) is 0 Å². The Morgan fingerprint density at radius 3 is 2.24 bits per heavy atom. The third-order valence-corrected chi connectivity index (χ3v) is 2.57. The van der Waals surface area contributed by atoms with Crippen molar-refractivity contribution in [3.8, 4) is 0 Å². The topological polar surface area (TPSA) is 29.3 Å². The predicted molar refractivity (Wildman–Crippen MR) is 64.7 cm³/mol. The molecule has 0 amide bonds. The molecular weight excluding hydrogens is 249 g/mol. The fourth-order valence-electron chi connectivity index (χ4n) is 1.68. The first-order chi connectivity index (χ1) is 7.75. The molecule has 0 aliphatic heterocycles. The highest BCUT2D eigenvalue weighted by molar-refractivity contribution is 7.80. The first-order valence-electron chi connectivity index (χ1n) is 4.87. The second-order valence-electron chi connectivity index (χ2n) is 3.85. The average Bonchev–Trinajstić information content (AvgIpc) is 2.15. The number of likely N-dealkylation sites (N-methyl/N-ethyl adjacent to an activating group) is 1. The van der Waals surface area contributed by atoms with Crippen molar-refractivity contribution >= 4 is 17.2 Å². The molecule has 1 aromatic rings. The highest BCUT2D eigenvalue weighted by Crippen LogP contribution is 2.35. The van der Waals surface area contributed by atoms with Crippen LogP contribution in [0.3, 0.4) is 0 Å². The normalized spacial score (nSPS) is 13.8. The van der Waals surface area contributed by atoms with Crippen LogP contribution in [0.25, 0.3) is 0 Å². The minimum Gasteiger partial charge on any atom is -0.392 e. The molecule has 0 radical (unpaired) electrons. The molecule has 6 heteroatoms. The minimum absolute atomic E-state index is 0.0201. The summed E-state index contributed by atoms with van der Waals surface area (Å²) in [5, 5.41) is 0. The summed E-state index contributed by atoms with van der Waals surface area (Å²) in [6.45, 7) is 0. The number of nitrogens with zero attached hydrogens (tertiary/aromatic N) is 1. The van der Waals surface area contributed by atoms with Crippen LogP contribution in [0.5, 0.6) is 0 Å². The summed E-state index contributed by atoms with van der Waals surface area (Å²) in [7, 11) is 3.27. The van der Waals surface area contributed by atoms with Crippen LogP contribution in [-0.2, 0) is 6.18 Å². The smallest absolute Gasteiger partial charge is 0.392 e. The van der Waals surface area contributed by atoms with Crippen molar-refractivity contribution in [2.75, 3.05) is 14.1 Å². The van der Waals surface area contributed by atoms with Gasteiger partial charge in [0, 0.05) is 0 Å². The minimum atomic E-state index is -4.41. The van der Waals surface area contributed by atoms with Crippen LogP contribution in [0.4, 0.5) is 13.2 Å². The Morgan fingerprint density at radius 1 is 1.29 bits per heavy atom. The van der Waals surface area contributed by atoms with Gasteiger partial charge in [0.05, 0.1) is 16.6 Å². The third kappa shape index (κ3) is 3.17. The Bertz CT molecular complexity index is 415. The van der Waals surface area contributed by atoms with E-state index < -0.39 is 17.8 Å². The van der Waals surface area contributed by atoms with Gasteiger partial charge in [0.2, 0.25) is 0 Å². The van der Waals surface area contributed by atoms with Gasteiger partial charge in [-0.15, -0.1) is 0 Å². The van der Waals surface area contributed by atoms with Gasteiger partial charge in [-0.25, -0.2) is 0 Å². The number of halogens is 3. The fraction of sp³-hybridized carbons (Fsp3) is 0.364. The van der Waals surface area contributed by atoms with Crippen LogP contribution in [0.2, 0.25) is 0 Å². The van der Waals surface area contributed by atoms with Gasteiger partial charge >= 0.3 is 6.18 Å². The Hall–Kier alpha value is -1.14. The van der Waals surface area contributed by atoms with Crippen molar-refractivity contribution in [2.45, 2.75) is 12.2 Å². The molecule has 2 nitrogen and oxygen atoms in total. The Balaban J connectivity index is 3.34. The second-order valence-corrected chi connectivity index (χ2v) is 4.32. The highest BCUT2D eigenvalue weighted by atomic mass is 32.1. The zero-order valence-electron chi connectivity index (χ0n) is 9.45. The summed E-state index contributed by atoms with van der Waals surface area (Å²) >= 11 is 4.83. The molecule has 0 aliphatic carbocycles. The van der Waals surface area contributed by atoms with Crippen LogP contribution in [0, 0.1) is 0 Å². The number of hydrogen-bond donors (Lipinski definition) is 1. The van der Waals surface area contributed by atoms with Gasteiger partial charge < -0.3 is 5.73 Å². The molecule has 0 aliphatic rings. The van der Waals surface area contributed by atoms with Gasteiger partial charge in [-0.2, -0.15) is 13.2 Å². The number of thiocarbonyl (C=S) groups is 1. The third-order valence-electron chi connectivity index (χ3n) is 2.35. The van der Waals surface area contributed by atoms with E-state index in [1.165, 1.54) is 12.1 Å². The van der Waals surface area contributed by atoms with E-state index in [9.17, 15) is 13.2 Å². The van der Waals surface area contributed by atoms with Crippen molar-refractivity contribution in [3.05, 3.63) is 35.4 Å². The van der Waals surface area contributed by atoms with Crippen LogP contribution in [0.1, 0.15) is 17.2 Å². The quantitative estimate of drug-likeness (QED) is 0.849. The van der Waals surface area contributed by atoms with Crippen molar-refractivity contribution in [1.82, 2.24) is 4.90 Å². The van der Waals surface area contributed by atoms with Gasteiger partial charge in [-0.3, -0.25) is 4.90 Å². The van der Waals surface area contributed by atoms with Gasteiger partial charge in [0.1, 0.15) is 0 Å². The predicted octanol–water partition coefficient (Wildman–Crippen LogP) is 2.59. The van der Waals surface area contributed by atoms with E-state index in [1.807, 2.05) is 0 Å². The van der Waals surface area contributed by atoms with Gasteiger partial charge in [-0.1, -0.05) is 30.4 Å². The van der Waals surface area contributed by atoms with E-state index in [-0.39, 0.29) is 10.6 Å². The SMILES string of the molecule is CN(C)C(C(N)=S)c1ccccc1C(F)(F)F. The van der Waals surface area contributed by atoms with Gasteiger partial charge in [-0.05, 0) is 25.7 Å². The molecular formula is C11H13F3N2S. The average molecular weight is 262 g/mol. The van der Waals surface area contributed by atoms with E-state index in [4.69, 9.17) is 18.0 Å². The maximum absolute atomic E-state index is 12.8. The maximum Gasteiger partial charge on any atom is 0.416 e. The lowest BCUT2D eigenvalue weighted by atomic mass is 9.99. The van der Waals surface area contributed by atoms with E-state index in [2.05, 4.69) is 0 Å². The highest BCUT2D eigenvalue weighted by Gasteiger charge is 2.36. The molecule has 0 aromatic heterocycles. The molecule has 0 fully saturated rings. The number of hydrogen-bond acceptors (Lipinski definition) is 2. The molecule has 2 N–H and O–H groups in total. The summed E-state index contributed by atoms with van der Waals surface area (Å²) in [4.78, 5) is 1.58. The second kappa shape index (κ2) is 5.01. The Labute approximate surface area is 103 Å². The largest absolute Gasteiger partial charge is 0.416 e. The standard InChI is InChI=1S/C11H13F3N2S/c1-16(2)9(10(15)17)7-5-3-4-6-8(7)11(12,13)14/h3-6,9H,1-2H3,(H2,15,17). The fourth-order valence-corrected chi connectivity index (χ4v) is 2.02. The summed E-state index contributed by atoms with van der Waals surface area (Å²) in [6.07, 6.45) is -4.41. The van der Waals surface area contributed by atoms with E-state index in [0.717, 1.165) is 6.07 Å². The van der Waals surface area contributed by atoms with Crippen LogP contribution < -0.4 is 5.73 Å². The lowest BCUT2D eigenvalue weighted by Gasteiger charge is -2.26. The molecule has 1 aromatic carbocycles. The van der Waals surface area contributed by atoms with Crippen molar-refractivity contribution in [3.63, 3.8) is 0 Å². The Kier molecular flexibility index (Phi) is 4.11. The molecule has 17 heavy (non-hydrogen) atoms. The molecule has 0 spiro atoms. The van der Waals surface area contributed by atoms with E-state index in [1.54, 1.807) is 25.1 Å². The van der Waals surface area contributed by atoms with Gasteiger partial charge in [0.15, 0.2) is 0 Å². The van der Waals surface area contributed by atoms with E-state index in [0.29, 0.717) is 0 Å². The monoisotopic (exact) mass is 262 g/mol. The van der Waals surface area contributed by atoms with Crippen molar-refractivity contribution in [2.24, 2.45) is 5.73 Å². The molecule has 1 atom stereocenters. The number of alkyl halides is 3. The molecule has 0 saturated heterocycles. The first kappa shape index (κ1) is 13.9. The van der Waals surface area contributed by atoms with Crippen LogP contribution in [-0.4, -0.2) is 24.0 Å². The molecule has 1 unspecified atom stereocenters. The number of rotatable bonds is 3.